The molecule has 4 saturated heterocycles. The maximum atomic E-state index is 16.4. The van der Waals surface area contributed by atoms with Crippen LogP contribution in [0.5, 0.6) is 6.01 Å². The highest BCUT2D eigenvalue weighted by molar-refractivity contribution is 5.93. The van der Waals surface area contributed by atoms with E-state index in [1.54, 1.807) is 0 Å². The van der Waals surface area contributed by atoms with Crippen LogP contribution in [0.25, 0.3) is 22.2 Å². The molecule has 9 nitrogen and oxygen atoms in total. The van der Waals surface area contributed by atoms with Crippen LogP contribution in [-0.2, 0) is 6.18 Å². The van der Waals surface area contributed by atoms with Crippen molar-refractivity contribution in [2.75, 3.05) is 43.4 Å². The molecule has 43 heavy (non-hydrogen) atoms. The molecule has 0 aromatic carbocycles. The lowest BCUT2D eigenvalue weighted by molar-refractivity contribution is -0.138. The first kappa shape index (κ1) is 28.3. The highest BCUT2D eigenvalue weighted by atomic mass is 19.4. The Bertz CT molecular complexity index is 1590. The lowest BCUT2D eigenvalue weighted by Crippen LogP contribution is -2.51. The van der Waals surface area contributed by atoms with Gasteiger partial charge in [-0.05, 0) is 44.7 Å². The fourth-order valence-electron chi connectivity index (χ4n) is 7.38. The average molecular weight is 609 g/mol. The minimum absolute atomic E-state index is 0.0524. The van der Waals surface area contributed by atoms with Gasteiger partial charge in [0.05, 0.1) is 11.1 Å². The monoisotopic (exact) mass is 608 g/mol. The molecule has 4 aliphatic heterocycles. The number of piperazine rings is 1. The number of hydrogen-bond acceptors (Lipinski definition) is 9. The molecule has 230 valence electrons. The summed E-state index contributed by atoms with van der Waals surface area (Å²) in [6.45, 7) is 3.12. The molecule has 3 N–H and O–H groups in total. The number of alkyl halides is 4. The van der Waals surface area contributed by atoms with Gasteiger partial charge in [0, 0.05) is 49.9 Å². The van der Waals surface area contributed by atoms with Gasteiger partial charge in [-0.25, -0.2) is 18.7 Å². The molecule has 4 aliphatic rings. The molecular weight excluding hydrogens is 578 g/mol. The van der Waals surface area contributed by atoms with Gasteiger partial charge < -0.3 is 20.7 Å². The molecule has 7 heterocycles. The van der Waals surface area contributed by atoms with E-state index in [1.165, 1.54) is 0 Å². The fraction of sp³-hybridized carbons (Fsp3) is 0.571. The largest absolute Gasteiger partial charge is 0.461 e. The molecule has 0 unspecified atom stereocenters. The normalized spacial score (nSPS) is 27.3. The summed E-state index contributed by atoms with van der Waals surface area (Å²) in [5.41, 5.74) is 2.04. The molecule has 0 saturated carbocycles. The van der Waals surface area contributed by atoms with Gasteiger partial charge in [-0.2, -0.15) is 27.5 Å². The molecular formula is C28H30F6N8O. The SMILES string of the molecule is Cc1c(C(F)(F)F)cnc(N)c1-c1nc(F)c2c(N3C[C@H]4CC[C@@H](C3)N4)nc(OC[C@@]34CCCN3C[C@H](F)C4)nc2c1F. The van der Waals surface area contributed by atoms with Crippen LogP contribution in [0.15, 0.2) is 6.20 Å². The second-order valence-electron chi connectivity index (χ2n) is 12.1. The number of nitrogens with two attached hydrogens (primary N) is 1. The van der Waals surface area contributed by atoms with Crippen molar-refractivity contribution in [2.45, 2.75) is 69.0 Å². The second kappa shape index (κ2) is 10.0. The number of ether oxygens (including phenoxy) is 1. The summed E-state index contributed by atoms with van der Waals surface area (Å²) in [7, 11) is 0. The molecule has 0 spiro atoms. The summed E-state index contributed by atoms with van der Waals surface area (Å²) in [6.07, 6.45) is -1.55. The lowest BCUT2D eigenvalue weighted by atomic mass is 9.95. The van der Waals surface area contributed by atoms with E-state index in [9.17, 15) is 17.6 Å². The highest BCUT2D eigenvalue weighted by Gasteiger charge is 2.49. The van der Waals surface area contributed by atoms with Gasteiger partial charge in [-0.1, -0.05) is 0 Å². The molecule has 2 bridgehead atoms. The molecule has 0 amide bonds. The van der Waals surface area contributed by atoms with E-state index in [1.807, 2.05) is 9.80 Å². The number of nitrogens with zero attached hydrogens (tertiary/aromatic N) is 6. The molecule has 4 fully saturated rings. The van der Waals surface area contributed by atoms with E-state index in [4.69, 9.17) is 10.5 Å². The minimum Gasteiger partial charge on any atom is -0.461 e. The summed E-state index contributed by atoms with van der Waals surface area (Å²) in [4.78, 5) is 20.0. The first-order chi connectivity index (χ1) is 20.4. The van der Waals surface area contributed by atoms with Crippen molar-refractivity contribution in [2.24, 2.45) is 0 Å². The van der Waals surface area contributed by atoms with Crippen LogP contribution >= 0.6 is 0 Å². The predicted molar refractivity (Wildman–Crippen MR) is 145 cm³/mol. The molecule has 15 heteroatoms. The van der Waals surface area contributed by atoms with Crippen LogP contribution in [0.2, 0.25) is 0 Å². The highest BCUT2D eigenvalue weighted by Crippen LogP contribution is 2.43. The zero-order valence-electron chi connectivity index (χ0n) is 23.3. The number of rotatable bonds is 5. The van der Waals surface area contributed by atoms with Crippen molar-refractivity contribution in [1.82, 2.24) is 30.2 Å². The number of aromatic nitrogens is 4. The predicted octanol–water partition coefficient (Wildman–Crippen LogP) is 4.17. The lowest BCUT2D eigenvalue weighted by Gasteiger charge is -2.34. The maximum absolute atomic E-state index is 16.4. The van der Waals surface area contributed by atoms with Crippen molar-refractivity contribution in [3.05, 3.63) is 29.1 Å². The third-order valence-corrected chi connectivity index (χ3v) is 9.36. The summed E-state index contributed by atoms with van der Waals surface area (Å²) in [5.74, 6) is -2.70. The van der Waals surface area contributed by atoms with E-state index in [0.717, 1.165) is 32.7 Å². The van der Waals surface area contributed by atoms with E-state index in [2.05, 4.69) is 25.3 Å². The topological polar surface area (TPSA) is 105 Å². The van der Waals surface area contributed by atoms with Gasteiger partial charge >= 0.3 is 12.2 Å². The molecule has 3 aromatic rings. The first-order valence-electron chi connectivity index (χ1n) is 14.4. The summed E-state index contributed by atoms with van der Waals surface area (Å²) >= 11 is 0. The summed E-state index contributed by atoms with van der Waals surface area (Å²) in [6, 6.07) is 0.00913. The van der Waals surface area contributed by atoms with Crippen LogP contribution < -0.4 is 20.7 Å². The Hall–Kier alpha value is -3.46. The van der Waals surface area contributed by atoms with Gasteiger partial charge in [-0.15, -0.1) is 0 Å². The van der Waals surface area contributed by atoms with E-state index in [-0.39, 0.29) is 42.3 Å². The Morgan fingerprint density at radius 3 is 2.58 bits per heavy atom. The number of nitrogen functional groups attached to an aromatic ring is 1. The summed E-state index contributed by atoms with van der Waals surface area (Å²) in [5, 5.41) is 3.17. The molecule has 3 aromatic heterocycles. The van der Waals surface area contributed by atoms with Gasteiger partial charge in [0.1, 0.15) is 41.0 Å². The first-order valence-corrected chi connectivity index (χ1v) is 14.4. The Balaban J connectivity index is 1.37. The third kappa shape index (κ3) is 4.71. The van der Waals surface area contributed by atoms with Crippen LogP contribution in [0.1, 0.15) is 43.2 Å². The van der Waals surface area contributed by atoms with E-state index in [0.29, 0.717) is 32.3 Å². The van der Waals surface area contributed by atoms with E-state index < -0.39 is 63.4 Å². The van der Waals surface area contributed by atoms with Crippen LogP contribution in [-0.4, -0.2) is 81.4 Å². The van der Waals surface area contributed by atoms with Gasteiger partial charge in [0.25, 0.3) is 0 Å². The second-order valence-corrected chi connectivity index (χ2v) is 12.1. The van der Waals surface area contributed by atoms with Gasteiger partial charge in [0.2, 0.25) is 5.95 Å². The fourth-order valence-corrected chi connectivity index (χ4v) is 7.38. The number of fused-ring (bicyclic) bond motifs is 4. The quantitative estimate of drug-likeness (QED) is 0.326. The average Bonchev–Trinajstić information content (AvgIpc) is 3.59. The van der Waals surface area contributed by atoms with Gasteiger partial charge in [0.15, 0.2) is 5.82 Å². The molecule has 0 radical (unpaired) electrons. The van der Waals surface area contributed by atoms with Crippen molar-refractivity contribution in [1.29, 1.82) is 0 Å². The van der Waals surface area contributed by atoms with Crippen molar-refractivity contribution >= 4 is 22.5 Å². The summed E-state index contributed by atoms with van der Waals surface area (Å²) < 4.78 is 93.8. The van der Waals surface area contributed by atoms with Crippen molar-refractivity contribution in [3.8, 4) is 17.3 Å². The zero-order valence-corrected chi connectivity index (χ0v) is 23.3. The molecule has 4 atom stereocenters. The molecule has 0 aliphatic carbocycles. The Kier molecular flexibility index (Phi) is 6.61. The minimum atomic E-state index is -4.81. The van der Waals surface area contributed by atoms with Crippen LogP contribution in [0.4, 0.5) is 38.0 Å². The maximum Gasteiger partial charge on any atom is 0.418 e. The van der Waals surface area contributed by atoms with E-state index >= 15 is 8.78 Å². The van der Waals surface area contributed by atoms with Gasteiger partial charge in [-0.3, -0.25) is 4.90 Å². The zero-order chi connectivity index (χ0) is 30.3. The van der Waals surface area contributed by atoms with Crippen LogP contribution in [0.3, 0.4) is 0 Å². The van der Waals surface area contributed by atoms with Crippen LogP contribution in [0, 0.1) is 18.7 Å². The number of nitrogens with one attached hydrogen (secondary N) is 1. The Labute approximate surface area is 242 Å². The number of pyridine rings is 2. The number of anilines is 2. The van der Waals surface area contributed by atoms with Crippen molar-refractivity contribution < 1.29 is 31.1 Å². The smallest absolute Gasteiger partial charge is 0.418 e. The van der Waals surface area contributed by atoms with Crippen molar-refractivity contribution in [3.63, 3.8) is 0 Å². The number of halogens is 6. The Morgan fingerprint density at radius 1 is 1.12 bits per heavy atom. The molecule has 7 rings (SSSR count). The third-order valence-electron chi connectivity index (χ3n) is 9.36. The number of hydrogen-bond donors (Lipinski definition) is 2. The standard InChI is InChI=1S/C28H30F6N8O/c1-13-17(28(32,33)34)8-36-24(35)18(13)21-20(30)22-19(23(31)38-21)25(41-10-15-3-4-16(11-41)37-15)40-26(39-22)43-12-27-5-2-6-42(27)9-14(29)7-27/h8,14-16,37H,2-7,9-12H2,1H3,(H2,35,36)/t14-,15-,16+,27+/m1/s1. The Morgan fingerprint density at radius 2 is 1.86 bits per heavy atom.